The number of hydrogen-bond donors (Lipinski definition) is 2. The topological polar surface area (TPSA) is 62.5 Å². The van der Waals surface area contributed by atoms with E-state index >= 15 is 0 Å². The van der Waals surface area contributed by atoms with Crippen LogP contribution >= 0.6 is 12.2 Å². The zero-order valence-corrected chi connectivity index (χ0v) is 18.0. The van der Waals surface area contributed by atoms with Gasteiger partial charge in [-0.15, -0.1) is 0 Å². The molecule has 0 amide bonds. The van der Waals surface area contributed by atoms with E-state index in [0.717, 1.165) is 28.5 Å². The molecule has 0 radical (unpaired) electrons. The number of pyridine rings is 1. The number of aliphatic hydroxyl groups excluding tert-OH is 1. The summed E-state index contributed by atoms with van der Waals surface area (Å²) in [5.41, 5.74) is 4.26. The highest BCUT2D eigenvalue weighted by atomic mass is 32.1. The molecule has 2 aromatic heterocycles. The summed E-state index contributed by atoms with van der Waals surface area (Å²) >= 11 is 5.69. The van der Waals surface area contributed by atoms with Gasteiger partial charge >= 0.3 is 0 Å². The Hall–Kier alpha value is -2.90. The van der Waals surface area contributed by atoms with E-state index in [9.17, 15) is 5.11 Å². The second kappa shape index (κ2) is 8.85. The standard InChI is InChI=1S/C23H26N4O2S/c1-16-7-12-20(27(16)17-8-10-18(29-2)11-9-17)22-21(19-6-3-4-13-24-19)25-23(30)26(22)14-5-15-28/h3-4,6-13,21-22,28H,5,14-15H2,1-2H3,(H,25,30). The van der Waals surface area contributed by atoms with Gasteiger partial charge in [-0.05, 0) is 74.1 Å². The minimum Gasteiger partial charge on any atom is -0.497 e. The van der Waals surface area contributed by atoms with Crippen molar-refractivity contribution < 1.29 is 9.84 Å². The van der Waals surface area contributed by atoms with Gasteiger partial charge < -0.3 is 24.6 Å². The van der Waals surface area contributed by atoms with Crippen LogP contribution < -0.4 is 10.1 Å². The van der Waals surface area contributed by atoms with Crippen molar-refractivity contribution in [3.05, 3.63) is 77.9 Å². The number of hydrogen-bond acceptors (Lipinski definition) is 4. The van der Waals surface area contributed by atoms with Gasteiger partial charge in [0.1, 0.15) is 5.75 Å². The average molecular weight is 423 g/mol. The van der Waals surface area contributed by atoms with Crippen LogP contribution in [0.4, 0.5) is 0 Å². The summed E-state index contributed by atoms with van der Waals surface area (Å²) in [6, 6.07) is 18.1. The molecule has 3 heterocycles. The molecular formula is C23H26N4O2S. The van der Waals surface area contributed by atoms with E-state index in [1.54, 1.807) is 13.3 Å². The minimum atomic E-state index is -0.0799. The lowest BCUT2D eigenvalue weighted by atomic mass is 10.0. The summed E-state index contributed by atoms with van der Waals surface area (Å²) in [4.78, 5) is 6.76. The van der Waals surface area contributed by atoms with E-state index in [1.165, 1.54) is 0 Å². The molecule has 1 saturated heterocycles. The van der Waals surface area contributed by atoms with Crippen molar-refractivity contribution in [1.29, 1.82) is 0 Å². The molecule has 156 valence electrons. The Morgan fingerprint density at radius 2 is 1.93 bits per heavy atom. The molecule has 0 aliphatic carbocycles. The van der Waals surface area contributed by atoms with Crippen LogP contribution in [-0.2, 0) is 0 Å². The Kier molecular flexibility index (Phi) is 6.01. The van der Waals surface area contributed by atoms with E-state index < -0.39 is 0 Å². The molecule has 1 aliphatic rings. The number of thiocarbonyl (C=S) groups is 1. The van der Waals surface area contributed by atoms with E-state index in [-0.39, 0.29) is 18.7 Å². The van der Waals surface area contributed by atoms with Crippen molar-refractivity contribution in [3.63, 3.8) is 0 Å². The number of rotatable bonds is 7. The fraction of sp³-hybridized carbons (Fsp3) is 0.304. The Labute approximate surface area is 182 Å². The highest BCUT2D eigenvalue weighted by Gasteiger charge is 2.41. The SMILES string of the molecule is COc1ccc(-n2c(C)ccc2C2C(c3ccccn3)NC(=S)N2CCCO)cc1. The number of nitrogens with one attached hydrogen (secondary N) is 1. The van der Waals surface area contributed by atoms with Crippen molar-refractivity contribution in [2.24, 2.45) is 0 Å². The van der Waals surface area contributed by atoms with Gasteiger partial charge in [0.15, 0.2) is 5.11 Å². The molecule has 2 atom stereocenters. The van der Waals surface area contributed by atoms with Crippen molar-refractivity contribution in [2.75, 3.05) is 20.3 Å². The third-order valence-corrected chi connectivity index (χ3v) is 5.85. The van der Waals surface area contributed by atoms with Gasteiger partial charge in [0.25, 0.3) is 0 Å². The number of nitrogens with zero attached hydrogens (tertiary/aromatic N) is 3. The van der Waals surface area contributed by atoms with Gasteiger partial charge in [-0.3, -0.25) is 4.98 Å². The number of benzene rings is 1. The largest absolute Gasteiger partial charge is 0.497 e. The molecule has 4 rings (SSSR count). The minimum absolute atomic E-state index is 0.0465. The smallest absolute Gasteiger partial charge is 0.170 e. The predicted octanol–water partition coefficient (Wildman–Crippen LogP) is 3.54. The molecule has 30 heavy (non-hydrogen) atoms. The van der Waals surface area contributed by atoms with E-state index in [4.69, 9.17) is 17.0 Å². The van der Waals surface area contributed by atoms with Crippen molar-refractivity contribution in [1.82, 2.24) is 19.8 Å². The fourth-order valence-corrected chi connectivity index (χ4v) is 4.41. The van der Waals surface area contributed by atoms with Gasteiger partial charge in [-0.1, -0.05) is 6.07 Å². The quantitative estimate of drug-likeness (QED) is 0.568. The molecule has 1 aliphatic heterocycles. The Morgan fingerprint density at radius 3 is 2.60 bits per heavy atom. The number of aromatic nitrogens is 2. The van der Waals surface area contributed by atoms with Crippen LogP contribution in [0.1, 0.15) is 35.6 Å². The number of methoxy groups -OCH3 is 1. The lowest BCUT2D eigenvalue weighted by molar-refractivity contribution is 0.244. The normalized spacial score (nSPS) is 18.5. The van der Waals surface area contributed by atoms with Crippen LogP contribution in [0, 0.1) is 6.92 Å². The molecule has 2 N–H and O–H groups in total. The Balaban J connectivity index is 1.81. The number of aliphatic hydroxyl groups is 1. The molecule has 0 saturated carbocycles. The summed E-state index contributed by atoms with van der Waals surface area (Å²) in [5.74, 6) is 0.824. The number of ether oxygens (including phenoxy) is 1. The third-order valence-electron chi connectivity index (χ3n) is 5.49. The van der Waals surface area contributed by atoms with Gasteiger partial charge in [0, 0.05) is 36.4 Å². The molecule has 3 aromatic rings. The number of aryl methyl sites for hydroxylation is 1. The second-order valence-electron chi connectivity index (χ2n) is 7.33. The van der Waals surface area contributed by atoms with E-state index in [2.05, 4.69) is 51.0 Å². The van der Waals surface area contributed by atoms with Crippen LogP contribution in [0.5, 0.6) is 5.75 Å². The maximum absolute atomic E-state index is 9.42. The first-order valence-electron chi connectivity index (χ1n) is 10.1. The average Bonchev–Trinajstić information content (AvgIpc) is 3.32. The van der Waals surface area contributed by atoms with Crippen LogP contribution in [-0.4, -0.2) is 44.9 Å². The molecule has 2 unspecified atom stereocenters. The van der Waals surface area contributed by atoms with Crippen LogP contribution in [0.3, 0.4) is 0 Å². The lowest BCUT2D eigenvalue weighted by Crippen LogP contribution is -2.32. The zero-order valence-electron chi connectivity index (χ0n) is 17.2. The highest BCUT2D eigenvalue weighted by Crippen LogP contribution is 2.40. The van der Waals surface area contributed by atoms with Crippen LogP contribution in [0.2, 0.25) is 0 Å². The highest BCUT2D eigenvalue weighted by molar-refractivity contribution is 7.80. The monoisotopic (exact) mass is 422 g/mol. The maximum Gasteiger partial charge on any atom is 0.170 e. The Bertz CT molecular complexity index is 1000. The third kappa shape index (κ3) is 3.78. The molecular weight excluding hydrogens is 396 g/mol. The van der Waals surface area contributed by atoms with Crippen molar-refractivity contribution in [2.45, 2.75) is 25.4 Å². The summed E-state index contributed by atoms with van der Waals surface area (Å²) in [5, 5.41) is 13.6. The van der Waals surface area contributed by atoms with Crippen LogP contribution in [0.25, 0.3) is 5.69 Å². The fourth-order valence-electron chi connectivity index (χ4n) is 4.08. The molecule has 6 nitrogen and oxygen atoms in total. The molecule has 1 fully saturated rings. The first-order chi connectivity index (χ1) is 14.6. The van der Waals surface area contributed by atoms with Gasteiger partial charge in [-0.2, -0.15) is 0 Å². The Morgan fingerprint density at radius 1 is 1.13 bits per heavy atom. The van der Waals surface area contributed by atoms with Gasteiger partial charge in [-0.25, -0.2) is 0 Å². The van der Waals surface area contributed by atoms with E-state index in [0.29, 0.717) is 18.1 Å². The summed E-state index contributed by atoms with van der Waals surface area (Å²) in [7, 11) is 1.67. The van der Waals surface area contributed by atoms with Crippen molar-refractivity contribution >= 4 is 17.3 Å². The summed E-state index contributed by atoms with van der Waals surface area (Å²) < 4.78 is 7.57. The van der Waals surface area contributed by atoms with E-state index in [1.807, 2.05) is 30.3 Å². The predicted molar refractivity (Wildman–Crippen MR) is 121 cm³/mol. The second-order valence-corrected chi connectivity index (χ2v) is 7.72. The van der Waals surface area contributed by atoms with Crippen LogP contribution in [0.15, 0.2) is 60.8 Å². The first kappa shape index (κ1) is 20.4. The summed E-state index contributed by atoms with van der Waals surface area (Å²) in [6.07, 6.45) is 2.46. The zero-order chi connectivity index (χ0) is 21.1. The molecule has 0 spiro atoms. The van der Waals surface area contributed by atoms with Crippen molar-refractivity contribution in [3.8, 4) is 11.4 Å². The first-order valence-corrected chi connectivity index (χ1v) is 10.5. The molecule has 1 aromatic carbocycles. The molecule has 7 heteroatoms. The maximum atomic E-state index is 9.42. The van der Waals surface area contributed by atoms with Gasteiger partial charge in [0.2, 0.25) is 0 Å². The molecule has 0 bridgehead atoms. The summed E-state index contributed by atoms with van der Waals surface area (Å²) in [6.45, 7) is 2.89. The lowest BCUT2D eigenvalue weighted by Gasteiger charge is -2.29. The van der Waals surface area contributed by atoms with Gasteiger partial charge in [0.05, 0.1) is 24.9 Å².